The SMILES string of the molecule is CC1SC(Cn2c(=O)n(-c3nncs3)c3cc(S(=O)(=O)NC4(C)CC4)ccc32)C(C)N1C1CCCCCCCC1. The summed E-state index contributed by atoms with van der Waals surface area (Å²) in [5.41, 5.74) is 2.27. The summed E-state index contributed by atoms with van der Waals surface area (Å²) in [6, 6.07) is 5.94. The van der Waals surface area contributed by atoms with Crippen LogP contribution in [0.1, 0.15) is 85.0 Å². The van der Waals surface area contributed by atoms with Crippen molar-refractivity contribution in [2.75, 3.05) is 0 Å². The van der Waals surface area contributed by atoms with Gasteiger partial charge in [-0.05, 0) is 64.7 Å². The minimum absolute atomic E-state index is 0.159. The van der Waals surface area contributed by atoms with E-state index in [0.717, 1.165) is 18.4 Å². The second-order valence-corrected chi connectivity index (χ2v) is 16.1. The van der Waals surface area contributed by atoms with Crippen molar-refractivity contribution in [1.82, 2.24) is 29.0 Å². The molecule has 0 spiro atoms. The molecule has 2 aliphatic carbocycles. The van der Waals surface area contributed by atoms with Crippen LogP contribution in [0.4, 0.5) is 0 Å². The van der Waals surface area contributed by atoms with E-state index in [1.165, 1.54) is 67.3 Å². The lowest BCUT2D eigenvalue weighted by Crippen LogP contribution is -2.44. The van der Waals surface area contributed by atoms with Gasteiger partial charge in [0.1, 0.15) is 5.51 Å². The Bertz CT molecular complexity index is 1500. The number of aromatic nitrogens is 4. The zero-order chi connectivity index (χ0) is 28.1. The third-order valence-corrected chi connectivity index (χ3v) is 12.9. The number of rotatable bonds is 7. The van der Waals surface area contributed by atoms with E-state index in [-0.39, 0.29) is 21.4 Å². The van der Waals surface area contributed by atoms with Crippen LogP contribution in [-0.2, 0) is 16.6 Å². The average Bonchev–Trinajstić information content (AvgIpc) is 3.25. The van der Waals surface area contributed by atoms with Gasteiger partial charge in [0.15, 0.2) is 0 Å². The summed E-state index contributed by atoms with van der Waals surface area (Å²) in [5, 5.41) is 9.20. The van der Waals surface area contributed by atoms with E-state index in [9.17, 15) is 13.2 Å². The van der Waals surface area contributed by atoms with Gasteiger partial charge in [0.2, 0.25) is 15.2 Å². The number of hydrogen-bond acceptors (Lipinski definition) is 8. The maximum absolute atomic E-state index is 13.9. The number of hydrogen-bond donors (Lipinski definition) is 1. The molecule has 3 fully saturated rings. The number of nitrogens with zero attached hydrogens (tertiary/aromatic N) is 5. The normalized spacial score (nSPS) is 26.5. The lowest BCUT2D eigenvalue weighted by Gasteiger charge is -2.35. The highest BCUT2D eigenvalue weighted by Crippen LogP contribution is 2.41. The van der Waals surface area contributed by atoms with Crippen molar-refractivity contribution in [1.29, 1.82) is 0 Å². The van der Waals surface area contributed by atoms with E-state index >= 15 is 0 Å². The van der Waals surface area contributed by atoms with Gasteiger partial charge in [-0.25, -0.2) is 22.5 Å². The minimum atomic E-state index is -3.72. The van der Waals surface area contributed by atoms with Crippen molar-refractivity contribution in [2.45, 2.75) is 125 Å². The highest BCUT2D eigenvalue weighted by atomic mass is 32.2. The summed E-state index contributed by atoms with van der Waals surface area (Å²) in [4.78, 5) is 16.8. The van der Waals surface area contributed by atoms with E-state index < -0.39 is 10.0 Å². The van der Waals surface area contributed by atoms with E-state index in [0.29, 0.717) is 34.7 Å². The predicted molar refractivity (Wildman–Crippen MR) is 162 cm³/mol. The van der Waals surface area contributed by atoms with Gasteiger partial charge in [0.25, 0.3) is 0 Å². The van der Waals surface area contributed by atoms with E-state index in [1.807, 2.05) is 23.3 Å². The molecular formula is C28H40N6O3S3. The summed E-state index contributed by atoms with van der Waals surface area (Å²) in [7, 11) is -3.72. The minimum Gasteiger partial charge on any atom is -0.290 e. The van der Waals surface area contributed by atoms with Crippen LogP contribution in [0.15, 0.2) is 33.4 Å². The van der Waals surface area contributed by atoms with Crippen molar-refractivity contribution in [3.63, 3.8) is 0 Å². The predicted octanol–water partition coefficient (Wildman–Crippen LogP) is 5.13. The molecule has 1 aromatic carbocycles. The van der Waals surface area contributed by atoms with Crippen molar-refractivity contribution in [3.8, 4) is 5.13 Å². The smallest absolute Gasteiger partial charge is 0.290 e. The first-order valence-corrected chi connectivity index (χ1v) is 18.0. The van der Waals surface area contributed by atoms with Crippen LogP contribution < -0.4 is 10.4 Å². The zero-order valence-corrected chi connectivity index (χ0v) is 26.0. The Morgan fingerprint density at radius 3 is 2.40 bits per heavy atom. The molecule has 6 rings (SSSR count). The van der Waals surface area contributed by atoms with Gasteiger partial charge in [-0.15, -0.1) is 22.0 Å². The van der Waals surface area contributed by atoms with Crippen LogP contribution in [0.25, 0.3) is 16.2 Å². The van der Waals surface area contributed by atoms with E-state index in [4.69, 9.17) is 0 Å². The number of benzene rings is 1. The molecule has 218 valence electrons. The molecule has 0 radical (unpaired) electrons. The zero-order valence-electron chi connectivity index (χ0n) is 23.6. The van der Waals surface area contributed by atoms with Crippen molar-refractivity contribution in [3.05, 3.63) is 34.2 Å². The Morgan fingerprint density at radius 2 is 1.75 bits per heavy atom. The molecule has 3 unspecified atom stereocenters. The van der Waals surface area contributed by atoms with E-state index in [1.54, 1.807) is 23.7 Å². The average molecular weight is 605 g/mol. The van der Waals surface area contributed by atoms with Crippen LogP contribution in [-0.4, -0.2) is 60.9 Å². The molecule has 2 aromatic heterocycles. The third-order valence-electron chi connectivity index (χ3n) is 9.04. The lowest BCUT2D eigenvalue weighted by molar-refractivity contribution is 0.129. The van der Waals surface area contributed by atoms with Gasteiger partial charge in [-0.3, -0.25) is 9.47 Å². The molecule has 1 N–H and O–H groups in total. The van der Waals surface area contributed by atoms with Crippen molar-refractivity contribution < 1.29 is 8.42 Å². The maximum Gasteiger partial charge on any atom is 0.335 e. The summed E-state index contributed by atoms with van der Waals surface area (Å²) in [6.07, 6.45) is 12.1. The molecule has 3 aromatic rings. The molecule has 12 heteroatoms. The monoisotopic (exact) mass is 604 g/mol. The number of sulfonamides is 1. The number of nitrogens with one attached hydrogen (secondary N) is 1. The van der Waals surface area contributed by atoms with E-state index in [2.05, 4.69) is 33.7 Å². The molecule has 3 atom stereocenters. The quantitative estimate of drug-likeness (QED) is 0.399. The van der Waals surface area contributed by atoms with Gasteiger partial charge in [-0.2, -0.15) is 0 Å². The first-order chi connectivity index (χ1) is 19.2. The molecule has 0 bridgehead atoms. The molecule has 1 aliphatic heterocycles. The Balaban J connectivity index is 1.33. The van der Waals surface area contributed by atoms with Crippen LogP contribution >= 0.6 is 23.1 Å². The van der Waals surface area contributed by atoms with Crippen LogP contribution in [0.2, 0.25) is 0 Å². The Kier molecular flexibility index (Phi) is 7.92. The molecule has 0 amide bonds. The Hall–Kier alpha value is -1.73. The number of imidazole rings is 1. The maximum atomic E-state index is 13.9. The standard InChI is InChI=1S/C28H40N6O3S3/c1-19-25(39-20(2)33(19)21-10-8-6-4-5-7-9-11-21)17-32-23-13-12-22(40(36,37)31-28(3)14-15-28)16-24(23)34(27(32)35)26-30-29-18-38-26/h12-13,16,18-21,25,31H,4-11,14-15,17H2,1-3H3. The van der Waals surface area contributed by atoms with Crippen LogP contribution in [0.3, 0.4) is 0 Å². The lowest BCUT2D eigenvalue weighted by atomic mass is 10.0. The fraction of sp³-hybridized carbons (Fsp3) is 0.679. The molecule has 9 nitrogen and oxygen atoms in total. The van der Waals surface area contributed by atoms with Crippen LogP contribution in [0.5, 0.6) is 0 Å². The molecular weight excluding hydrogens is 565 g/mol. The first kappa shape index (κ1) is 28.4. The fourth-order valence-electron chi connectivity index (χ4n) is 6.58. The number of fused-ring (bicyclic) bond motifs is 1. The third kappa shape index (κ3) is 5.54. The highest BCUT2D eigenvalue weighted by Gasteiger charge is 2.42. The summed E-state index contributed by atoms with van der Waals surface area (Å²) >= 11 is 3.23. The van der Waals surface area contributed by atoms with Gasteiger partial charge in [-0.1, -0.05) is 49.9 Å². The van der Waals surface area contributed by atoms with Gasteiger partial charge in [0, 0.05) is 29.4 Å². The summed E-state index contributed by atoms with van der Waals surface area (Å²) in [6.45, 7) is 7.10. The van der Waals surface area contributed by atoms with Crippen molar-refractivity contribution in [2.24, 2.45) is 0 Å². The fourth-order valence-corrected chi connectivity index (χ4v) is 10.2. The second kappa shape index (κ2) is 11.2. The first-order valence-electron chi connectivity index (χ1n) is 14.7. The highest BCUT2D eigenvalue weighted by molar-refractivity contribution is 8.00. The molecule has 2 saturated carbocycles. The second-order valence-electron chi connectivity index (χ2n) is 12.1. The molecule has 40 heavy (non-hydrogen) atoms. The topological polar surface area (TPSA) is 102 Å². The summed E-state index contributed by atoms with van der Waals surface area (Å²) < 4.78 is 32.5. The van der Waals surface area contributed by atoms with Gasteiger partial charge in [0.05, 0.1) is 21.3 Å². The molecule has 1 saturated heterocycles. The van der Waals surface area contributed by atoms with Gasteiger partial charge >= 0.3 is 5.69 Å². The molecule has 3 aliphatic rings. The Labute approximate surface area is 244 Å². The number of thioether (sulfide) groups is 1. The largest absolute Gasteiger partial charge is 0.335 e. The Morgan fingerprint density at radius 1 is 1.05 bits per heavy atom. The van der Waals surface area contributed by atoms with Gasteiger partial charge < -0.3 is 0 Å². The van der Waals surface area contributed by atoms with Crippen molar-refractivity contribution >= 4 is 44.2 Å². The molecule has 3 heterocycles. The van der Waals surface area contributed by atoms with Crippen LogP contribution in [0, 0.1) is 0 Å². The summed E-state index contributed by atoms with van der Waals surface area (Å²) in [5.74, 6) is 0.